The molecule has 0 aliphatic carbocycles. The molecule has 2 atom stereocenters. The summed E-state index contributed by atoms with van der Waals surface area (Å²) in [4.78, 5) is 4.49. The minimum atomic E-state index is -3.92. The third-order valence-corrected chi connectivity index (χ3v) is 7.79. The van der Waals surface area contributed by atoms with Gasteiger partial charge in [0.2, 0.25) is 0 Å². The van der Waals surface area contributed by atoms with Gasteiger partial charge in [-0.3, -0.25) is 0 Å². The van der Waals surface area contributed by atoms with Crippen LogP contribution < -0.4 is 0 Å². The van der Waals surface area contributed by atoms with E-state index >= 15 is 0 Å². The van der Waals surface area contributed by atoms with Gasteiger partial charge in [-0.25, -0.2) is 22.5 Å². The summed E-state index contributed by atoms with van der Waals surface area (Å²) in [5, 5.41) is 4.11. The van der Waals surface area contributed by atoms with Crippen LogP contribution in [0.1, 0.15) is 24.2 Å². The molecule has 4 rings (SSSR count). The molecule has 2 heterocycles. The SMILES string of the molecule is CC1=Nc2cc(C)nn2C(c2ccc(Cl)c(Cl)c2)C1S(=O)(=O)c1ccc(F)cc1. The van der Waals surface area contributed by atoms with Gasteiger partial charge in [-0.15, -0.1) is 0 Å². The summed E-state index contributed by atoms with van der Waals surface area (Å²) in [6, 6.07) is 10.8. The second kappa shape index (κ2) is 7.23. The molecule has 0 bridgehead atoms. The van der Waals surface area contributed by atoms with Gasteiger partial charge in [0.15, 0.2) is 15.7 Å². The van der Waals surface area contributed by atoms with Gasteiger partial charge in [0.25, 0.3) is 0 Å². The Kier molecular flexibility index (Phi) is 5.01. The smallest absolute Gasteiger partial charge is 0.189 e. The maximum atomic E-state index is 13.6. The Hall–Kier alpha value is -2.22. The predicted molar refractivity (Wildman–Crippen MR) is 112 cm³/mol. The Morgan fingerprint density at radius 3 is 2.34 bits per heavy atom. The molecule has 150 valence electrons. The average molecular weight is 452 g/mol. The molecule has 9 heteroatoms. The van der Waals surface area contributed by atoms with Gasteiger partial charge in [0, 0.05) is 11.8 Å². The zero-order chi connectivity index (χ0) is 20.9. The van der Waals surface area contributed by atoms with Gasteiger partial charge in [-0.05, 0) is 55.8 Å². The summed E-state index contributed by atoms with van der Waals surface area (Å²) >= 11 is 12.3. The van der Waals surface area contributed by atoms with E-state index in [4.69, 9.17) is 23.2 Å². The lowest BCUT2D eigenvalue weighted by Gasteiger charge is -2.32. The number of halogens is 3. The Balaban J connectivity index is 1.95. The van der Waals surface area contributed by atoms with Crippen molar-refractivity contribution >= 4 is 44.6 Å². The highest BCUT2D eigenvalue weighted by atomic mass is 35.5. The van der Waals surface area contributed by atoms with Crippen LogP contribution in [0.2, 0.25) is 10.0 Å². The number of hydrogen-bond acceptors (Lipinski definition) is 4. The lowest BCUT2D eigenvalue weighted by atomic mass is 9.99. The van der Waals surface area contributed by atoms with Crippen molar-refractivity contribution in [1.29, 1.82) is 0 Å². The number of benzene rings is 2. The Morgan fingerprint density at radius 1 is 1.00 bits per heavy atom. The number of rotatable bonds is 3. The highest BCUT2D eigenvalue weighted by molar-refractivity contribution is 7.92. The first-order valence-corrected chi connectivity index (χ1v) is 11.0. The van der Waals surface area contributed by atoms with Crippen LogP contribution in [0.3, 0.4) is 0 Å². The second-order valence-corrected chi connectivity index (χ2v) is 9.76. The molecule has 2 aromatic carbocycles. The van der Waals surface area contributed by atoms with Crippen LogP contribution in [0.5, 0.6) is 0 Å². The molecule has 1 aliphatic rings. The van der Waals surface area contributed by atoms with Crippen LogP contribution >= 0.6 is 23.2 Å². The van der Waals surface area contributed by atoms with Gasteiger partial charge in [-0.1, -0.05) is 29.3 Å². The molecule has 1 aromatic heterocycles. The van der Waals surface area contributed by atoms with Gasteiger partial charge in [-0.2, -0.15) is 5.10 Å². The van der Waals surface area contributed by atoms with E-state index in [0.29, 0.717) is 32.8 Å². The Labute approximate surface area is 177 Å². The third kappa shape index (κ3) is 3.47. The minimum Gasteiger partial charge on any atom is -0.238 e. The van der Waals surface area contributed by atoms with Crippen LogP contribution in [-0.4, -0.2) is 29.2 Å². The molecule has 0 saturated carbocycles. The zero-order valence-corrected chi connectivity index (χ0v) is 17.8. The molecule has 0 radical (unpaired) electrons. The molecule has 29 heavy (non-hydrogen) atoms. The van der Waals surface area contributed by atoms with Gasteiger partial charge < -0.3 is 0 Å². The molecule has 0 saturated heterocycles. The fraction of sp³-hybridized carbons (Fsp3) is 0.200. The van der Waals surface area contributed by atoms with E-state index < -0.39 is 26.9 Å². The molecule has 5 nitrogen and oxygen atoms in total. The van der Waals surface area contributed by atoms with E-state index in [0.717, 1.165) is 12.1 Å². The highest BCUT2D eigenvalue weighted by Gasteiger charge is 2.43. The molecule has 0 fully saturated rings. The van der Waals surface area contributed by atoms with Crippen molar-refractivity contribution in [2.75, 3.05) is 0 Å². The largest absolute Gasteiger partial charge is 0.238 e. The highest BCUT2D eigenvalue weighted by Crippen LogP contribution is 2.39. The summed E-state index contributed by atoms with van der Waals surface area (Å²) in [6.45, 7) is 3.48. The number of aromatic nitrogens is 2. The quantitative estimate of drug-likeness (QED) is 0.515. The normalized spacial score (nSPS) is 19.0. The van der Waals surface area contributed by atoms with E-state index in [1.54, 1.807) is 35.9 Å². The molecule has 0 N–H and O–H groups in total. The number of fused-ring (bicyclic) bond motifs is 1. The van der Waals surface area contributed by atoms with E-state index in [1.165, 1.54) is 12.1 Å². The molecule has 2 unspecified atom stereocenters. The summed E-state index contributed by atoms with van der Waals surface area (Å²) in [6.07, 6.45) is 0. The summed E-state index contributed by atoms with van der Waals surface area (Å²) in [5.41, 5.74) is 1.76. The average Bonchev–Trinajstić information content (AvgIpc) is 3.02. The second-order valence-electron chi connectivity index (χ2n) is 6.88. The van der Waals surface area contributed by atoms with Gasteiger partial charge >= 0.3 is 0 Å². The molecule has 1 aliphatic heterocycles. The molecular formula is C20H16Cl2FN3O2S. The summed E-state index contributed by atoms with van der Waals surface area (Å²) < 4.78 is 42.1. The van der Waals surface area contributed by atoms with Gasteiger partial charge in [0.05, 0.1) is 20.6 Å². The molecule has 3 aromatic rings. The molecule has 0 amide bonds. The van der Waals surface area contributed by atoms with Crippen molar-refractivity contribution < 1.29 is 12.8 Å². The van der Waals surface area contributed by atoms with Crippen molar-refractivity contribution in [3.8, 4) is 0 Å². The van der Waals surface area contributed by atoms with Crippen molar-refractivity contribution in [2.24, 2.45) is 4.99 Å². The van der Waals surface area contributed by atoms with Crippen LogP contribution in [0.25, 0.3) is 0 Å². The maximum absolute atomic E-state index is 13.6. The first kappa shape index (κ1) is 20.1. The fourth-order valence-electron chi connectivity index (χ4n) is 3.57. The maximum Gasteiger partial charge on any atom is 0.189 e. The predicted octanol–water partition coefficient (Wildman–Crippen LogP) is 5.18. The van der Waals surface area contributed by atoms with Crippen molar-refractivity contribution in [3.63, 3.8) is 0 Å². The standard InChI is InChI=1S/C20H16Cl2FN3O2S/c1-11-9-18-24-12(2)20(29(27,28)15-6-4-14(23)5-7-15)19(26(18)25-11)13-3-8-16(21)17(22)10-13/h3-10,19-20H,1-2H3. The minimum absolute atomic E-state index is 0.0100. The summed E-state index contributed by atoms with van der Waals surface area (Å²) in [7, 11) is -3.92. The summed E-state index contributed by atoms with van der Waals surface area (Å²) in [5.74, 6) is 0.0469. The van der Waals surface area contributed by atoms with Crippen LogP contribution in [0.4, 0.5) is 10.2 Å². The topological polar surface area (TPSA) is 64.3 Å². The third-order valence-electron chi connectivity index (χ3n) is 4.85. The van der Waals surface area contributed by atoms with Crippen molar-refractivity contribution in [1.82, 2.24) is 9.78 Å². The monoisotopic (exact) mass is 451 g/mol. The van der Waals surface area contributed by atoms with E-state index in [-0.39, 0.29) is 4.90 Å². The number of aryl methyl sites for hydroxylation is 1. The van der Waals surface area contributed by atoms with Crippen LogP contribution in [-0.2, 0) is 9.84 Å². The Bertz CT molecular complexity index is 1240. The van der Waals surface area contributed by atoms with E-state index in [2.05, 4.69) is 10.1 Å². The first-order valence-electron chi connectivity index (χ1n) is 8.74. The van der Waals surface area contributed by atoms with Crippen LogP contribution in [0.15, 0.2) is 58.4 Å². The first-order chi connectivity index (χ1) is 13.7. The van der Waals surface area contributed by atoms with Crippen molar-refractivity contribution in [2.45, 2.75) is 30.0 Å². The Morgan fingerprint density at radius 2 is 1.69 bits per heavy atom. The number of sulfone groups is 1. The molecule has 0 spiro atoms. The van der Waals surface area contributed by atoms with Crippen molar-refractivity contribution in [3.05, 3.63) is 75.7 Å². The lowest BCUT2D eigenvalue weighted by Crippen LogP contribution is -2.41. The van der Waals surface area contributed by atoms with Gasteiger partial charge in [0.1, 0.15) is 17.1 Å². The van der Waals surface area contributed by atoms with Crippen LogP contribution in [0, 0.1) is 12.7 Å². The number of nitrogens with zero attached hydrogens (tertiary/aromatic N) is 3. The fourth-order valence-corrected chi connectivity index (χ4v) is 5.80. The van der Waals surface area contributed by atoms with E-state index in [9.17, 15) is 12.8 Å². The number of hydrogen-bond donors (Lipinski definition) is 0. The van der Waals surface area contributed by atoms with E-state index in [1.807, 2.05) is 6.92 Å². The lowest BCUT2D eigenvalue weighted by molar-refractivity contribution is 0.508. The zero-order valence-electron chi connectivity index (χ0n) is 15.5. The number of aliphatic imine (C=N–C) groups is 1. The molecular weight excluding hydrogens is 436 g/mol.